The topological polar surface area (TPSA) is 69.2 Å². The van der Waals surface area contributed by atoms with Crippen LogP contribution in [0.1, 0.15) is 11.1 Å². The van der Waals surface area contributed by atoms with Crippen molar-refractivity contribution < 1.29 is 4.79 Å². The number of benzene rings is 2. The summed E-state index contributed by atoms with van der Waals surface area (Å²) in [6, 6.07) is 16.3. The Morgan fingerprint density at radius 2 is 1.81 bits per heavy atom. The number of hydrogen-bond acceptors (Lipinski definition) is 5. The van der Waals surface area contributed by atoms with E-state index in [1.54, 1.807) is 4.57 Å². The van der Waals surface area contributed by atoms with Crippen LogP contribution in [-0.2, 0) is 17.9 Å². The first-order valence-electron chi connectivity index (χ1n) is 10.5. The summed E-state index contributed by atoms with van der Waals surface area (Å²) >= 11 is 5.36. The molecule has 0 bridgehead atoms. The molecule has 1 aromatic heterocycles. The molecule has 1 fully saturated rings. The average Bonchev–Trinajstić information content (AvgIpc) is 3.14. The minimum absolute atomic E-state index is 0.0981. The predicted octanol–water partition coefficient (Wildman–Crippen LogP) is 2.98. The van der Waals surface area contributed by atoms with Crippen molar-refractivity contribution in [2.24, 2.45) is 0 Å². The van der Waals surface area contributed by atoms with Gasteiger partial charge < -0.3 is 15.1 Å². The number of likely N-dealkylation sites (N-methyl/N-ethyl adjacent to an activating group) is 1. The van der Waals surface area contributed by atoms with Crippen molar-refractivity contribution >= 4 is 23.8 Å². The van der Waals surface area contributed by atoms with Crippen LogP contribution in [0.15, 0.2) is 48.5 Å². The number of amides is 1. The molecule has 0 aliphatic carbocycles. The molecule has 162 valence electrons. The molecule has 0 spiro atoms. The quantitative estimate of drug-likeness (QED) is 0.582. The van der Waals surface area contributed by atoms with Crippen molar-refractivity contribution in [3.05, 3.63) is 64.4 Å². The molecule has 1 aliphatic rings. The molecular formula is C23H28N6OS. The predicted molar refractivity (Wildman–Crippen MR) is 126 cm³/mol. The minimum Gasteiger partial charge on any atom is -0.369 e. The number of rotatable bonds is 6. The molecule has 0 radical (unpaired) electrons. The molecule has 1 amide bonds. The summed E-state index contributed by atoms with van der Waals surface area (Å²) in [6.07, 6.45) is 0. The Kier molecular flexibility index (Phi) is 6.48. The second-order valence-corrected chi connectivity index (χ2v) is 8.39. The molecule has 1 aliphatic heterocycles. The Balaban J connectivity index is 1.44. The van der Waals surface area contributed by atoms with Gasteiger partial charge >= 0.3 is 0 Å². The van der Waals surface area contributed by atoms with Crippen molar-refractivity contribution in [1.82, 2.24) is 25.0 Å². The van der Waals surface area contributed by atoms with Crippen molar-refractivity contribution in [2.45, 2.75) is 20.0 Å². The summed E-state index contributed by atoms with van der Waals surface area (Å²) in [4.78, 5) is 17.5. The fourth-order valence-electron chi connectivity index (χ4n) is 3.80. The molecule has 4 rings (SSSR count). The highest BCUT2D eigenvalue weighted by molar-refractivity contribution is 7.71. The summed E-state index contributed by atoms with van der Waals surface area (Å²) in [5, 5.41) is 10.2. The lowest BCUT2D eigenvalue weighted by Crippen LogP contribution is -2.45. The van der Waals surface area contributed by atoms with Crippen LogP contribution in [0.25, 0.3) is 11.4 Å². The Labute approximate surface area is 187 Å². The molecule has 2 N–H and O–H groups in total. The highest BCUT2D eigenvalue weighted by Crippen LogP contribution is 2.22. The van der Waals surface area contributed by atoms with E-state index < -0.39 is 0 Å². The molecule has 0 saturated carbocycles. The van der Waals surface area contributed by atoms with Gasteiger partial charge in [-0.15, -0.1) is 0 Å². The van der Waals surface area contributed by atoms with Gasteiger partial charge in [-0.25, -0.2) is 0 Å². The van der Waals surface area contributed by atoms with Gasteiger partial charge in [0.15, 0.2) is 10.6 Å². The fraction of sp³-hybridized carbons (Fsp3) is 0.348. The van der Waals surface area contributed by atoms with Crippen molar-refractivity contribution in [2.75, 3.05) is 38.1 Å². The van der Waals surface area contributed by atoms with E-state index in [0.29, 0.717) is 17.1 Å². The Morgan fingerprint density at radius 1 is 1.10 bits per heavy atom. The van der Waals surface area contributed by atoms with E-state index in [9.17, 15) is 4.79 Å². The van der Waals surface area contributed by atoms with Gasteiger partial charge in [-0.3, -0.25) is 14.5 Å². The fourth-order valence-corrected chi connectivity index (χ4v) is 3.99. The molecule has 8 heteroatoms. The van der Waals surface area contributed by atoms with Crippen molar-refractivity contribution in [1.29, 1.82) is 0 Å². The number of anilines is 1. The number of aromatic amines is 1. The maximum atomic E-state index is 12.8. The Hall–Kier alpha value is -2.97. The number of hydrogen-bond donors (Lipinski definition) is 2. The van der Waals surface area contributed by atoms with E-state index in [1.165, 1.54) is 11.3 Å². The first-order chi connectivity index (χ1) is 15.0. The number of carbonyl (C=O) groups excluding carboxylic acids is 1. The number of para-hydroxylation sites is 1. The third-order valence-electron chi connectivity index (χ3n) is 5.68. The standard InChI is InChI=1S/C23H28N6OS/c1-17-7-9-18(10-8-17)22-25-26-23(31)29(22)16-21(30)24-15-19-5-3-4-6-20(19)28-13-11-27(2)12-14-28/h3-10H,11-16H2,1-2H3,(H,24,30)(H,26,31). The number of carbonyl (C=O) groups is 1. The van der Waals surface area contributed by atoms with E-state index in [2.05, 4.69) is 50.6 Å². The zero-order chi connectivity index (χ0) is 21.8. The SMILES string of the molecule is Cc1ccc(-c2n[nH]c(=S)n2CC(=O)NCc2ccccc2N2CCN(C)CC2)cc1. The molecule has 7 nitrogen and oxygen atoms in total. The second-order valence-electron chi connectivity index (χ2n) is 8.00. The van der Waals surface area contributed by atoms with Crippen LogP contribution in [-0.4, -0.2) is 58.8 Å². The Morgan fingerprint density at radius 3 is 2.55 bits per heavy atom. The lowest BCUT2D eigenvalue weighted by atomic mass is 10.1. The lowest BCUT2D eigenvalue weighted by Gasteiger charge is -2.35. The van der Waals surface area contributed by atoms with Gasteiger partial charge in [0.1, 0.15) is 6.54 Å². The van der Waals surface area contributed by atoms with Crippen LogP contribution in [0.5, 0.6) is 0 Å². The smallest absolute Gasteiger partial charge is 0.240 e. The van der Waals surface area contributed by atoms with Gasteiger partial charge in [0.2, 0.25) is 5.91 Å². The van der Waals surface area contributed by atoms with Crippen LogP contribution in [0.3, 0.4) is 0 Å². The number of H-pyrrole nitrogens is 1. The number of aromatic nitrogens is 3. The zero-order valence-electron chi connectivity index (χ0n) is 18.0. The van der Waals surface area contributed by atoms with Gasteiger partial charge in [0, 0.05) is 44.0 Å². The second kappa shape index (κ2) is 9.45. The molecule has 0 unspecified atom stereocenters. The number of nitrogens with zero attached hydrogens (tertiary/aromatic N) is 4. The average molecular weight is 437 g/mol. The summed E-state index contributed by atoms with van der Waals surface area (Å²) in [5.41, 5.74) is 4.40. The van der Waals surface area contributed by atoms with Gasteiger partial charge in [-0.1, -0.05) is 48.0 Å². The minimum atomic E-state index is -0.0981. The molecule has 2 heterocycles. The van der Waals surface area contributed by atoms with Gasteiger partial charge in [0.25, 0.3) is 0 Å². The monoisotopic (exact) mass is 436 g/mol. The van der Waals surface area contributed by atoms with E-state index >= 15 is 0 Å². The zero-order valence-corrected chi connectivity index (χ0v) is 18.8. The summed E-state index contributed by atoms with van der Waals surface area (Å²) < 4.78 is 2.17. The van der Waals surface area contributed by atoms with Crippen LogP contribution < -0.4 is 10.2 Å². The summed E-state index contributed by atoms with van der Waals surface area (Å²) in [7, 11) is 2.15. The van der Waals surface area contributed by atoms with Crippen molar-refractivity contribution in [3.63, 3.8) is 0 Å². The van der Waals surface area contributed by atoms with E-state index in [4.69, 9.17) is 12.2 Å². The van der Waals surface area contributed by atoms with Gasteiger partial charge in [-0.05, 0) is 37.8 Å². The first kappa shape index (κ1) is 21.3. The molecule has 31 heavy (non-hydrogen) atoms. The largest absolute Gasteiger partial charge is 0.369 e. The van der Waals surface area contributed by atoms with Crippen molar-refractivity contribution in [3.8, 4) is 11.4 Å². The Bertz CT molecular complexity index is 1100. The van der Waals surface area contributed by atoms with Crippen LogP contribution >= 0.6 is 12.2 Å². The number of aryl methyl sites for hydroxylation is 1. The van der Waals surface area contributed by atoms with Gasteiger partial charge in [-0.2, -0.15) is 5.10 Å². The normalized spacial score (nSPS) is 14.6. The molecular weight excluding hydrogens is 408 g/mol. The van der Waals surface area contributed by atoms with Gasteiger partial charge in [0.05, 0.1) is 0 Å². The first-order valence-corrected chi connectivity index (χ1v) is 10.9. The maximum absolute atomic E-state index is 12.8. The van der Waals surface area contributed by atoms with Crippen LogP contribution in [0.4, 0.5) is 5.69 Å². The number of piperazine rings is 1. The van der Waals surface area contributed by atoms with E-state index in [0.717, 1.165) is 37.3 Å². The molecule has 1 saturated heterocycles. The number of nitrogens with one attached hydrogen (secondary N) is 2. The molecule has 0 atom stereocenters. The van der Waals surface area contributed by atoms with Crippen LogP contribution in [0, 0.1) is 11.7 Å². The third-order valence-corrected chi connectivity index (χ3v) is 5.99. The van der Waals surface area contributed by atoms with E-state index in [1.807, 2.05) is 37.3 Å². The van der Waals surface area contributed by atoms with E-state index in [-0.39, 0.29) is 12.5 Å². The third kappa shape index (κ3) is 5.03. The van der Waals surface area contributed by atoms with Crippen LogP contribution in [0.2, 0.25) is 0 Å². The summed E-state index contributed by atoms with van der Waals surface area (Å²) in [5.74, 6) is 0.567. The molecule has 2 aromatic carbocycles. The summed E-state index contributed by atoms with van der Waals surface area (Å²) in [6.45, 7) is 6.70. The molecule has 3 aromatic rings. The lowest BCUT2D eigenvalue weighted by molar-refractivity contribution is -0.121. The highest BCUT2D eigenvalue weighted by Gasteiger charge is 2.17. The maximum Gasteiger partial charge on any atom is 0.240 e. The highest BCUT2D eigenvalue weighted by atomic mass is 32.1.